The van der Waals surface area contributed by atoms with Crippen molar-refractivity contribution in [3.05, 3.63) is 29.6 Å². The van der Waals surface area contributed by atoms with E-state index in [1.807, 2.05) is 19.1 Å². The average Bonchev–Trinajstić information content (AvgIpc) is 3.18. The van der Waals surface area contributed by atoms with Gasteiger partial charge in [-0.05, 0) is 70.3 Å². The van der Waals surface area contributed by atoms with Crippen LogP contribution in [0.5, 0.6) is 0 Å². The van der Waals surface area contributed by atoms with Gasteiger partial charge in [0.2, 0.25) is 10.0 Å². The third kappa shape index (κ3) is 5.30. The van der Waals surface area contributed by atoms with E-state index < -0.39 is 10.0 Å². The number of pyridine rings is 1. The van der Waals surface area contributed by atoms with Gasteiger partial charge in [-0.25, -0.2) is 8.42 Å². The first-order valence-electron chi connectivity index (χ1n) is 10.3. The number of carbonyl (C=O) groups is 1. The molecule has 0 aliphatic carbocycles. The van der Waals surface area contributed by atoms with Crippen LogP contribution < -0.4 is 0 Å². The largest absolute Gasteiger partial charge is 0.336 e. The zero-order valence-corrected chi connectivity index (χ0v) is 17.8. The normalized spacial score (nSPS) is 21.4. The number of likely N-dealkylation sites (tertiary alicyclic amines) is 2. The lowest BCUT2D eigenvalue weighted by Gasteiger charge is -2.38. The molecule has 28 heavy (non-hydrogen) atoms. The zero-order chi connectivity index (χ0) is 20.1. The summed E-state index contributed by atoms with van der Waals surface area (Å²) in [5, 5.41) is 0. The van der Waals surface area contributed by atoms with E-state index in [4.69, 9.17) is 0 Å². The van der Waals surface area contributed by atoms with Crippen LogP contribution in [0.15, 0.2) is 18.3 Å². The Kier molecular flexibility index (Phi) is 7.06. The number of rotatable bonds is 7. The Morgan fingerprint density at radius 3 is 2.68 bits per heavy atom. The fourth-order valence-corrected chi connectivity index (χ4v) is 5.48. The minimum atomic E-state index is -3.32. The minimum absolute atomic E-state index is 0.103. The maximum Gasteiger partial charge on any atom is 0.272 e. The van der Waals surface area contributed by atoms with E-state index in [9.17, 15) is 13.2 Å². The number of hydrogen-bond acceptors (Lipinski definition) is 5. The summed E-state index contributed by atoms with van der Waals surface area (Å²) in [7, 11) is -3.32. The predicted octanol–water partition coefficient (Wildman–Crippen LogP) is 1.74. The molecule has 1 atom stereocenters. The quantitative estimate of drug-likeness (QED) is 0.687. The lowest BCUT2D eigenvalue weighted by molar-refractivity contribution is 0.0646. The first-order chi connectivity index (χ1) is 13.4. The second-order valence-corrected chi connectivity index (χ2v) is 9.93. The van der Waals surface area contributed by atoms with Gasteiger partial charge < -0.3 is 9.80 Å². The molecule has 0 N–H and O–H groups in total. The summed E-state index contributed by atoms with van der Waals surface area (Å²) in [4.78, 5) is 21.3. The highest BCUT2D eigenvalue weighted by atomic mass is 32.2. The van der Waals surface area contributed by atoms with Crippen molar-refractivity contribution in [1.29, 1.82) is 0 Å². The van der Waals surface area contributed by atoms with Gasteiger partial charge in [0, 0.05) is 31.9 Å². The minimum Gasteiger partial charge on any atom is -0.336 e. The third-order valence-electron chi connectivity index (χ3n) is 5.78. The molecule has 3 heterocycles. The van der Waals surface area contributed by atoms with Crippen molar-refractivity contribution < 1.29 is 13.2 Å². The topological polar surface area (TPSA) is 73.8 Å². The number of sulfonamides is 1. The summed E-state index contributed by atoms with van der Waals surface area (Å²) < 4.78 is 26.5. The van der Waals surface area contributed by atoms with Gasteiger partial charge in [0.1, 0.15) is 5.69 Å². The van der Waals surface area contributed by atoms with Crippen LogP contribution in [0.1, 0.15) is 48.2 Å². The molecular weight excluding hydrogens is 376 g/mol. The summed E-state index contributed by atoms with van der Waals surface area (Å²) in [6, 6.07) is 3.54. The van der Waals surface area contributed by atoms with Crippen LogP contribution in [0.3, 0.4) is 0 Å². The van der Waals surface area contributed by atoms with Crippen molar-refractivity contribution in [1.82, 2.24) is 19.1 Å². The molecular formula is C20H32N4O3S. The molecule has 1 aromatic heterocycles. The van der Waals surface area contributed by atoms with Crippen LogP contribution in [0.2, 0.25) is 0 Å². The van der Waals surface area contributed by atoms with Crippen LogP contribution in [0.4, 0.5) is 0 Å². The fraction of sp³-hybridized carbons (Fsp3) is 0.700. The van der Waals surface area contributed by atoms with Crippen LogP contribution in [-0.2, 0) is 10.0 Å². The number of aromatic nitrogens is 1. The molecule has 3 rings (SSSR count). The summed E-state index contributed by atoms with van der Waals surface area (Å²) >= 11 is 0. The van der Waals surface area contributed by atoms with E-state index in [0.717, 1.165) is 44.5 Å². The van der Waals surface area contributed by atoms with Crippen molar-refractivity contribution >= 4 is 15.9 Å². The maximum absolute atomic E-state index is 12.9. The lowest BCUT2D eigenvalue weighted by Crippen LogP contribution is -2.52. The molecule has 156 valence electrons. The molecule has 2 aliphatic heterocycles. The molecule has 8 heteroatoms. The van der Waals surface area contributed by atoms with Crippen LogP contribution in [0, 0.1) is 6.92 Å². The first-order valence-corrected chi connectivity index (χ1v) is 12.1. The summed E-state index contributed by atoms with van der Waals surface area (Å²) in [5.74, 6) is -0.103. The van der Waals surface area contributed by atoms with Crippen LogP contribution in [0.25, 0.3) is 0 Å². The Labute approximate surface area is 168 Å². The molecule has 2 fully saturated rings. The van der Waals surface area contributed by atoms with Crippen molar-refractivity contribution in [2.45, 2.75) is 45.1 Å². The van der Waals surface area contributed by atoms with Crippen molar-refractivity contribution in [3.8, 4) is 0 Å². The highest BCUT2D eigenvalue weighted by Gasteiger charge is 2.33. The summed E-state index contributed by atoms with van der Waals surface area (Å²) in [6.45, 7) is 6.66. The molecule has 0 aromatic carbocycles. The second-order valence-electron chi connectivity index (χ2n) is 7.99. The Hall–Kier alpha value is -1.51. The molecule has 0 spiro atoms. The molecule has 0 saturated carbocycles. The summed E-state index contributed by atoms with van der Waals surface area (Å²) in [6.07, 6.45) is 7.82. The molecule has 2 saturated heterocycles. The van der Waals surface area contributed by atoms with Gasteiger partial charge in [0.15, 0.2) is 0 Å². The average molecular weight is 409 g/mol. The van der Waals surface area contributed by atoms with E-state index >= 15 is 0 Å². The standard InChI is InChI=1S/C20H32N4O3S/c1-17-8-5-10-21-19(17)20(25)23-14-6-9-18(16-23)24(28(2,26)27)15-7-13-22-11-3-4-12-22/h5,8,10,18H,3-4,6-7,9,11-16H2,1-2H3. The van der Waals surface area contributed by atoms with E-state index in [2.05, 4.69) is 9.88 Å². The highest BCUT2D eigenvalue weighted by molar-refractivity contribution is 7.88. The van der Waals surface area contributed by atoms with Gasteiger partial charge in [-0.2, -0.15) is 4.31 Å². The van der Waals surface area contributed by atoms with Crippen molar-refractivity contribution in [3.63, 3.8) is 0 Å². The highest BCUT2D eigenvalue weighted by Crippen LogP contribution is 2.21. The van der Waals surface area contributed by atoms with Crippen molar-refractivity contribution in [2.75, 3.05) is 45.5 Å². The van der Waals surface area contributed by atoms with Gasteiger partial charge >= 0.3 is 0 Å². The maximum atomic E-state index is 12.9. The van der Waals surface area contributed by atoms with Gasteiger partial charge in [-0.15, -0.1) is 0 Å². The number of aryl methyl sites for hydroxylation is 1. The molecule has 1 unspecified atom stereocenters. The van der Waals surface area contributed by atoms with Gasteiger partial charge in [-0.1, -0.05) is 6.07 Å². The molecule has 2 aliphatic rings. The Bertz CT molecular complexity index is 777. The SMILES string of the molecule is Cc1cccnc1C(=O)N1CCCC(N(CCCN2CCCC2)S(C)(=O)=O)C1. The van der Waals surface area contributed by atoms with Gasteiger partial charge in [0.05, 0.1) is 6.26 Å². The van der Waals surface area contributed by atoms with Crippen molar-refractivity contribution in [2.24, 2.45) is 0 Å². The molecule has 1 aromatic rings. The van der Waals surface area contributed by atoms with E-state index in [-0.39, 0.29) is 11.9 Å². The van der Waals surface area contributed by atoms with E-state index in [1.54, 1.807) is 15.4 Å². The number of nitrogens with zero attached hydrogens (tertiary/aromatic N) is 4. The molecule has 1 amide bonds. The smallest absolute Gasteiger partial charge is 0.272 e. The molecule has 0 bridgehead atoms. The zero-order valence-electron chi connectivity index (χ0n) is 17.0. The Morgan fingerprint density at radius 2 is 2.00 bits per heavy atom. The van der Waals surface area contributed by atoms with Crippen LogP contribution in [-0.4, -0.2) is 85.0 Å². The third-order valence-corrected chi connectivity index (χ3v) is 7.11. The van der Waals surface area contributed by atoms with E-state index in [1.165, 1.54) is 19.1 Å². The lowest BCUT2D eigenvalue weighted by atomic mass is 10.0. The Balaban J connectivity index is 1.65. The number of hydrogen-bond donors (Lipinski definition) is 0. The summed E-state index contributed by atoms with van der Waals surface area (Å²) in [5.41, 5.74) is 1.31. The van der Waals surface area contributed by atoms with Gasteiger partial charge in [-0.3, -0.25) is 9.78 Å². The number of amides is 1. The Morgan fingerprint density at radius 1 is 1.25 bits per heavy atom. The number of carbonyl (C=O) groups excluding carboxylic acids is 1. The van der Waals surface area contributed by atoms with Crippen LogP contribution >= 0.6 is 0 Å². The fourth-order valence-electron chi connectivity index (χ4n) is 4.31. The predicted molar refractivity (Wildman–Crippen MR) is 110 cm³/mol. The monoisotopic (exact) mass is 408 g/mol. The number of piperidine rings is 1. The molecule has 0 radical (unpaired) electrons. The van der Waals surface area contributed by atoms with E-state index in [0.29, 0.717) is 25.3 Å². The van der Waals surface area contributed by atoms with Gasteiger partial charge in [0.25, 0.3) is 5.91 Å². The molecule has 7 nitrogen and oxygen atoms in total. The second kappa shape index (κ2) is 9.33. The first kappa shape index (κ1) is 21.2.